The second-order valence-corrected chi connectivity index (χ2v) is 9.29. The zero-order valence-corrected chi connectivity index (χ0v) is 19.7. The average molecular weight is 500 g/mol. The smallest absolute Gasteiger partial charge is 0.347 e. The lowest BCUT2D eigenvalue weighted by Crippen LogP contribution is -2.38. The van der Waals surface area contributed by atoms with E-state index in [1.807, 2.05) is 42.5 Å². The number of fused-ring (bicyclic) bond motifs is 1. The van der Waals surface area contributed by atoms with Crippen LogP contribution in [-0.4, -0.2) is 50.5 Å². The summed E-state index contributed by atoms with van der Waals surface area (Å²) >= 11 is 0. The van der Waals surface area contributed by atoms with E-state index < -0.39 is 40.5 Å². The number of carboxylic acids is 1. The molecule has 0 aliphatic carbocycles. The van der Waals surface area contributed by atoms with E-state index >= 15 is 0 Å². The molecule has 0 unspecified atom stereocenters. The summed E-state index contributed by atoms with van der Waals surface area (Å²) in [5.41, 5.74) is 0.807. The van der Waals surface area contributed by atoms with Crippen LogP contribution in [0.25, 0.3) is 10.8 Å². The zero-order chi connectivity index (χ0) is 25.4. The Balaban J connectivity index is 1.95. The summed E-state index contributed by atoms with van der Waals surface area (Å²) in [6.07, 6.45) is -1.58. The fraction of sp³-hybridized carbons (Fsp3) is 0.240. The molecule has 0 radical (unpaired) electrons. The minimum absolute atomic E-state index is 0.103. The van der Waals surface area contributed by atoms with Crippen molar-refractivity contribution in [2.45, 2.75) is 36.8 Å². The van der Waals surface area contributed by atoms with Crippen LogP contribution in [0, 0.1) is 0 Å². The molecule has 0 aliphatic rings. The van der Waals surface area contributed by atoms with Gasteiger partial charge in [0.25, 0.3) is 0 Å². The number of carbonyl (C=O) groups is 3. The fourth-order valence-electron chi connectivity index (χ4n) is 3.57. The highest BCUT2D eigenvalue weighted by Gasteiger charge is 2.29. The Bertz CT molecular complexity index is 1320. The van der Waals surface area contributed by atoms with Gasteiger partial charge in [-0.1, -0.05) is 54.6 Å². The molecule has 0 saturated carbocycles. The third kappa shape index (κ3) is 6.65. The van der Waals surface area contributed by atoms with Crippen molar-refractivity contribution in [3.8, 4) is 5.75 Å². The van der Waals surface area contributed by atoms with Gasteiger partial charge in [0, 0.05) is 6.42 Å². The summed E-state index contributed by atoms with van der Waals surface area (Å²) in [4.78, 5) is 34.6. The van der Waals surface area contributed by atoms with Crippen molar-refractivity contribution < 1.29 is 37.4 Å². The number of rotatable bonds is 12. The highest BCUT2D eigenvalue weighted by Crippen LogP contribution is 2.27. The number of para-hydroxylation sites is 1. The Hall–Kier alpha value is -3.76. The number of hydrogen-bond donors (Lipinski definition) is 2. The van der Waals surface area contributed by atoms with Crippen molar-refractivity contribution in [3.63, 3.8) is 0 Å². The monoisotopic (exact) mass is 499 g/mol. The lowest BCUT2D eigenvalue weighted by atomic mass is 10.00. The third-order valence-corrected chi connectivity index (χ3v) is 6.64. The molecule has 2 N–H and O–H groups in total. The third-order valence-electron chi connectivity index (χ3n) is 5.11. The Morgan fingerprint density at radius 3 is 2.43 bits per heavy atom. The van der Waals surface area contributed by atoms with Gasteiger partial charge in [-0.3, -0.25) is 4.79 Å². The van der Waals surface area contributed by atoms with Crippen LogP contribution in [0.15, 0.2) is 71.6 Å². The van der Waals surface area contributed by atoms with Crippen LogP contribution >= 0.6 is 0 Å². The minimum Gasteiger partial charge on any atom is -0.481 e. The van der Waals surface area contributed by atoms with Gasteiger partial charge in [-0.2, -0.15) is 0 Å². The van der Waals surface area contributed by atoms with Gasteiger partial charge in [0.15, 0.2) is 6.10 Å². The summed E-state index contributed by atoms with van der Waals surface area (Å²) in [5.74, 6) is -2.15. The molecule has 0 spiro atoms. The zero-order valence-electron chi connectivity index (χ0n) is 18.9. The summed E-state index contributed by atoms with van der Waals surface area (Å²) in [6.45, 7) is 1.75. The Morgan fingerprint density at radius 1 is 1.03 bits per heavy atom. The molecule has 0 aliphatic heterocycles. The van der Waals surface area contributed by atoms with Crippen molar-refractivity contribution in [1.82, 2.24) is 4.72 Å². The van der Waals surface area contributed by atoms with E-state index in [9.17, 15) is 22.8 Å². The molecule has 10 heteroatoms. The second-order valence-electron chi connectivity index (χ2n) is 7.61. The van der Waals surface area contributed by atoms with Crippen LogP contribution in [0.1, 0.15) is 18.9 Å². The van der Waals surface area contributed by atoms with E-state index in [0.29, 0.717) is 0 Å². The van der Waals surface area contributed by atoms with Gasteiger partial charge in [-0.25, -0.2) is 17.9 Å². The van der Waals surface area contributed by atoms with E-state index in [2.05, 4.69) is 4.72 Å². The van der Waals surface area contributed by atoms with Gasteiger partial charge in [0.05, 0.1) is 19.1 Å². The number of aliphatic carboxylic acids is 1. The number of carboxylic acid groups (broad SMARTS) is 1. The summed E-state index contributed by atoms with van der Waals surface area (Å²) < 4.78 is 39.0. The molecule has 0 heterocycles. The van der Waals surface area contributed by atoms with Crippen LogP contribution in [-0.2, 0) is 35.6 Å². The van der Waals surface area contributed by atoms with Crippen molar-refractivity contribution in [2.75, 3.05) is 6.61 Å². The topological polar surface area (TPSA) is 136 Å². The van der Waals surface area contributed by atoms with Crippen LogP contribution in [0.3, 0.4) is 0 Å². The predicted molar refractivity (Wildman–Crippen MR) is 128 cm³/mol. The number of carbonyl (C=O) groups excluding carboxylic acids is 2. The van der Waals surface area contributed by atoms with Gasteiger partial charge in [-0.15, -0.1) is 0 Å². The van der Waals surface area contributed by atoms with E-state index in [0.717, 1.165) is 16.3 Å². The maximum Gasteiger partial charge on any atom is 0.347 e. The first-order valence-corrected chi connectivity index (χ1v) is 12.3. The van der Waals surface area contributed by atoms with Crippen molar-refractivity contribution in [1.29, 1.82) is 0 Å². The maximum absolute atomic E-state index is 13.0. The number of benzene rings is 3. The lowest BCUT2D eigenvalue weighted by molar-refractivity contribution is -0.151. The van der Waals surface area contributed by atoms with Crippen LogP contribution in [0.2, 0.25) is 0 Å². The number of ether oxygens (including phenoxy) is 2. The second kappa shape index (κ2) is 11.6. The maximum atomic E-state index is 13.0. The van der Waals surface area contributed by atoms with Crippen LogP contribution < -0.4 is 9.46 Å². The molecule has 2 atom stereocenters. The molecule has 3 aromatic carbocycles. The van der Waals surface area contributed by atoms with E-state index in [-0.39, 0.29) is 30.0 Å². The predicted octanol–water partition coefficient (Wildman–Crippen LogP) is 2.71. The normalized spacial score (nSPS) is 13.1. The highest BCUT2D eigenvalue weighted by atomic mass is 32.2. The van der Waals surface area contributed by atoms with Crippen LogP contribution in [0.4, 0.5) is 0 Å². The van der Waals surface area contributed by atoms with Crippen molar-refractivity contribution in [3.05, 3.63) is 72.3 Å². The van der Waals surface area contributed by atoms with Crippen LogP contribution in [0.5, 0.6) is 5.75 Å². The van der Waals surface area contributed by atoms with Gasteiger partial charge in [-0.05, 0) is 35.4 Å². The Morgan fingerprint density at radius 2 is 1.71 bits per heavy atom. The largest absolute Gasteiger partial charge is 0.481 e. The molecular weight excluding hydrogens is 474 g/mol. The number of esters is 1. The first kappa shape index (κ1) is 25.9. The standard InChI is InChI=1S/C25H25NO8S/c1-2-33-25(30)22(14-18-10-7-9-17-8-3-4-11-20(17)18)34-21-12-5-6-13-23(21)35(31,32)26-19(16-27)15-24(28)29/h3-13,16,19,22,26H,2,14-15H2,1H3,(H,28,29)/t19-,22-/m0/s1. The summed E-state index contributed by atoms with van der Waals surface area (Å²) in [5, 5.41) is 10.8. The molecule has 35 heavy (non-hydrogen) atoms. The SMILES string of the molecule is CCOC(=O)[C@H](Cc1cccc2ccccc12)Oc1ccccc1S(=O)(=O)N[C@H](C=O)CC(=O)O. The molecule has 3 rings (SSSR count). The van der Waals surface area contributed by atoms with Gasteiger partial charge in [0.1, 0.15) is 16.9 Å². The number of nitrogens with one attached hydrogen (secondary N) is 1. The molecule has 0 aromatic heterocycles. The first-order chi connectivity index (χ1) is 16.7. The van der Waals surface area contributed by atoms with Crippen molar-refractivity contribution >= 4 is 39.0 Å². The molecule has 0 bridgehead atoms. The Kier molecular flexibility index (Phi) is 8.56. The molecule has 0 saturated heterocycles. The summed E-state index contributed by atoms with van der Waals surface area (Å²) in [7, 11) is -4.36. The molecule has 3 aromatic rings. The van der Waals surface area contributed by atoms with E-state index in [4.69, 9.17) is 14.6 Å². The fourth-order valence-corrected chi connectivity index (χ4v) is 4.87. The number of hydrogen-bond acceptors (Lipinski definition) is 7. The molecule has 184 valence electrons. The van der Waals surface area contributed by atoms with Gasteiger partial charge < -0.3 is 19.4 Å². The number of sulfonamides is 1. The van der Waals surface area contributed by atoms with Gasteiger partial charge >= 0.3 is 11.9 Å². The molecular formula is C25H25NO8S. The minimum atomic E-state index is -4.36. The molecule has 9 nitrogen and oxygen atoms in total. The molecule has 0 fully saturated rings. The van der Waals surface area contributed by atoms with E-state index in [1.54, 1.807) is 6.92 Å². The molecule has 0 amide bonds. The van der Waals surface area contributed by atoms with Gasteiger partial charge in [0.2, 0.25) is 10.0 Å². The Labute approximate surface area is 202 Å². The number of aldehydes is 1. The lowest BCUT2D eigenvalue weighted by Gasteiger charge is -2.21. The quantitative estimate of drug-likeness (QED) is 0.287. The van der Waals surface area contributed by atoms with Crippen molar-refractivity contribution in [2.24, 2.45) is 0 Å². The highest BCUT2D eigenvalue weighted by molar-refractivity contribution is 7.89. The first-order valence-electron chi connectivity index (χ1n) is 10.8. The average Bonchev–Trinajstić information content (AvgIpc) is 2.83. The van der Waals surface area contributed by atoms with E-state index in [1.165, 1.54) is 24.3 Å². The summed E-state index contributed by atoms with van der Waals surface area (Å²) in [6, 6.07) is 17.4.